The van der Waals surface area contributed by atoms with Crippen LogP contribution in [0.25, 0.3) is 0 Å². The average molecular weight is 378 g/mol. The predicted octanol–water partition coefficient (Wildman–Crippen LogP) is 6.25. The molecule has 0 bridgehead atoms. The second-order valence-corrected chi connectivity index (χ2v) is 6.54. The molecular weight excluding hydrogens is 342 g/mol. The predicted molar refractivity (Wildman–Crippen MR) is 111 cm³/mol. The molecule has 0 aromatic rings. The van der Waals surface area contributed by atoms with Gasteiger partial charge in [0.1, 0.15) is 0 Å². The lowest BCUT2D eigenvalue weighted by Gasteiger charge is -2.04. The molecule has 5 nitrogen and oxygen atoms in total. The van der Waals surface area contributed by atoms with Gasteiger partial charge >= 0.3 is 5.97 Å². The molecular formula is C22H35NO4. The molecule has 0 spiro atoms. The van der Waals surface area contributed by atoms with Crippen LogP contribution in [0.5, 0.6) is 0 Å². The zero-order chi connectivity index (χ0) is 20.2. The van der Waals surface area contributed by atoms with Crippen LogP contribution in [0.3, 0.4) is 0 Å². The normalized spacial score (nSPS) is 13.4. The number of rotatable bonds is 17. The van der Waals surface area contributed by atoms with Crippen molar-refractivity contribution in [1.82, 2.24) is 0 Å². The second kappa shape index (κ2) is 18.6. The third-order valence-electron chi connectivity index (χ3n) is 4.08. The van der Waals surface area contributed by atoms with Gasteiger partial charge in [0, 0.05) is 24.2 Å². The van der Waals surface area contributed by atoms with Crippen LogP contribution in [-0.2, 0) is 4.79 Å². The van der Waals surface area contributed by atoms with E-state index in [-0.39, 0.29) is 11.3 Å². The van der Waals surface area contributed by atoms with Crippen molar-refractivity contribution in [2.24, 2.45) is 0 Å². The minimum Gasteiger partial charge on any atom is -0.481 e. The Labute approximate surface area is 163 Å². The molecule has 0 aliphatic heterocycles. The summed E-state index contributed by atoms with van der Waals surface area (Å²) in [6.07, 6.45) is 24.7. The summed E-state index contributed by atoms with van der Waals surface area (Å²) >= 11 is 0. The van der Waals surface area contributed by atoms with Gasteiger partial charge in [-0.1, -0.05) is 68.4 Å². The topological polar surface area (TPSA) is 80.4 Å². The van der Waals surface area contributed by atoms with Gasteiger partial charge in [0.15, 0.2) is 0 Å². The number of allylic oxidation sites excluding steroid dienone is 7. The number of nitrogens with zero attached hydrogens (tertiary/aromatic N) is 1. The molecule has 0 aliphatic rings. The number of unbranched alkanes of at least 4 members (excludes halogenated alkanes) is 3. The van der Waals surface area contributed by atoms with E-state index in [0.29, 0.717) is 25.7 Å². The van der Waals surface area contributed by atoms with Crippen LogP contribution < -0.4 is 0 Å². The fraction of sp³-hybridized carbons (Fsp3) is 0.591. The van der Waals surface area contributed by atoms with E-state index in [4.69, 9.17) is 5.11 Å². The third-order valence-corrected chi connectivity index (χ3v) is 4.08. The minimum atomic E-state index is -0.805. The standard InChI is InChI=1S/C22H35NO4/c1-2-3-4-5-6-7-8-9-12-15-18-21(23(26)27)19-16-13-10-11-14-17-20-22(24)25/h6-7,9,11-14,16,21H,2-5,8,10,15,17-20H2,1H3,(H,24,25)/b7-6+,12-9+,14-11+,16-13+. The molecule has 0 heterocycles. The fourth-order valence-corrected chi connectivity index (χ4v) is 2.47. The van der Waals surface area contributed by atoms with Crippen LogP contribution >= 0.6 is 0 Å². The molecule has 0 fully saturated rings. The van der Waals surface area contributed by atoms with Gasteiger partial charge in [-0.25, -0.2) is 0 Å². The summed E-state index contributed by atoms with van der Waals surface area (Å²) in [6, 6.07) is -0.550. The second-order valence-electron chi connectivity index (χ2n) is 6.54. The Morgan fingerprint density at radius 3 is 2.11 bits per heavy atom. The van der Waals surface area contributed by atoms with Crippen molar-refractivity contribution in [3.63, 3.8) is 0 Å². The molecule has 1 N–H and O–H groups in total. The van der Waals surface area contributed by atoms with Crippen molar-refractivity contribution >= 4 is 5.97 Å². The van der Waals surface area contributed by atoms with Gasteiger partial charge in [-0.2, -0.15) is 0 Å². The summed E-state index contributed by atoms with van der Waals surface area (Å²) in [6.45, 7) is 2.20. The Kier molecular flexibility index (Phi) is 17.1. The molecule has 0 aliphatic carbocycles. The highest BCUT2D eigenvalue weighted by atomic mass is 16.6. The highest BCUT2D eigenvalue weighted by Crippen LogP contribution is 2.09. The summed E-state index contributed by atoms with van der Waals surface area (Å²) < 4.78 is 0. The maximum absolute atomic E-state index is 11.1. The summed E-state index contributed by atoms with van der Waals surface area (Å²) in [5.74, 6) is -0.805. The number of carbonyl (C=O) groups is 1. The van der Waals surface area contributed by atoms with Crippen molar-refractivity contribution in [3.8, 4) is 0 Å². The first kappa shape index (κ1) is 24.8. The molecule has 1 atom stereocenters. The number of aliphatic carboxylic acids is 1. The summed E-state index contributed by atoms with van der Waals surface area (Å²) in [7, 11) is 0. The van der Waals surface area contributed by atoms with E-state index >= 15 is 0 Å². The highest BCUT2D eigenvalue weighted by Gasteiger charge is 2.16. The number of carboxylic acid groups (broad SMARTS) is 1. The van der Waals surface area contributed by atoms with Crippen LogP contribution in [0.2, 0.25) is 0 Å². The van der Waals surface area contributed by atoms with Crippen molar-refractivity contribution in [3.05, 3.63) is 58.7 Å². The lowest BCUT2D eigenvalue weighted by Crippen LogP contribution is -2.18. The SMILES string of the molecule is CCCCC/C=C/C/C=C/CCC(C/C=C/C/C=C/CCC(=O)O)[N+](=O)[O-]. The lowest BCUT2D eigenvalue weighted by molar-refractivity contribution is -0.522. The number of carboxylic acids is 1. The number of hydrogen-bond acceptors (Lipinski definition) is 3. The number of hydrogen-bond donors (Lipinski definition) is 1. The Hall–Kier alpha value is -2.17. The molecule has 5 heteroatoms. The van der Waals surface area contributed by atoms with Gasteiger partial charge < -0.3 is 5.11 Å². The van der Waals surface area contributed by atoms with E-state index in [0.717, 1.165) is 19.3 Å². The lowest BCUT2D eigenvalue weighted by atomic mass is 10.1. The summed E-state index contributed by atoms with van der Waals surface area (Å²) in [4.78, 5) is 21.3. The molecule has 27 heavy (non-hydrogen) atoms. The molecule has 0 saturated heterocycles. The molecule has 0 amide bonds. The van der Waals surface area contributed by atoms with E-state index in [1.54, 1.807) is 0 Å². The zero-order valence-corrected chi connectivity index (χ0v) is 16.6. The van der Waals surface area contributed by atoms with Crippen molar-refractivity contribution < 1.29 is 14.8 Å². The molecule has 0 aromatic heterocycles. The first-order valence-corrected chi connectivity index (χ1v) is 10.0. The quantitative estimate of drug-likeness (QED) is 0.140. The van der Waals surface area contributed by atoms with Crippen LogP contribution in [0, 0.1) is 10.1 Å². The molecule has 0 aromatic carbocycles. The minimum absolute atomic E-state index is 0.131. The third kappa shape index (κ3) is 18.4. The van der Waals surface area contributed by atoms with Gasteiger partial charge in [-0.3, -0.25) is 14.9 Å². The molecule has 1 unspecified atom stereocenters. The molecule has 0 rings (SSSR count). The Balaban J connectivity index is 3.90. The van der Waals surface area contributed by atoms with E-state index < -0.39 is 12.0 Å². The highest BCUT2D eigenvalue weighted by molar-refractivity contribution is 5.66. The van der Waals surface area contributed by atoms with Crippen LogP contribution in [0.15, 0.2) is 48.6 Å². The maximum Gasteiger partial charge on any atom is 0.303 e. The van der Waals surface area contributed by atoms with Crippen molar-refractivity contribution in [1.29, 1.82) is 0 Å². The van der Waals surface area contributed by atoms with E-state index in [1.807, 2.05) is 30.4 Å². The van der Waals surface area contributed by atoms with E-state index in [2.05, 4.69) is 25.2 Å². The Morgan fingerprint density at radius 2 is 1.52 bits per heavy atom. The van der Waals surface area contributed by atoms with Gasteiger partial charge in [0.05, 0.1) is 0 Å². The Morgan fingerprint density at radius 1 is 0.926 bits per heavy atom. The van der Waals surface area contributed by atoms with E-state index in [9.17, 15) is 14.9 Å². The van der Waals surface area contributed by atoms with Gasteiger partial charge in [0.25, 0.3) is 0 Å². The van der Waals surface area contributed by atoms with Gasteiger partial charge in [-0.05, 0) is 38.5 Å². The van der Waals surface area contributed by atoms with Crippen LogP contribution in [-0.4, -0.2) is 22.0 Å². The summed E-state index contributed by atoms with van der Waals surface area (Å²) in [5, 5.41) is 19.6. The monoisotopic (exact) mass is 377 g/mol. The first-order valence-electron chi connectivity index (χ1n) is 10.0. The smallest absolute Gasteiger partial charge is 0.303 e. The first-order chi connectivity index (χ1) is 13.1. The Bertz CT molecular complexity index is 506. The zero-order valence-electron chi connectivity index (χ0n) is 16.6. The van der Waals surface area contributed by atoms with Crippen molar-refractivity contribution in [2.75, 3.05) is 0 Å². The summed E-state index contributed by atoms with van der Waals surface area (Å²) in [5.41, 5.74) is 0. The average Bonchev–Trinajstić information content (AvgIpc) is 2.63. The molecule has 152 valence electrons. The van der Waals surface area contributed by atoms with Crippen molar-refractivity contribution in [2.45, 2.75) is 83.6 Å². The van der Waals surface area contributed by atoms with E-state index in [1.165, 1.54) is 19.3 Å². The van der Waals surface area contributed by atoms with Crippen LogP contribution in [0.1, 0.15) is 77.6 Å². The molecule has 0 saturated carbocycles. The maximum atomic E-state index is 11.1. The van der Waals surface area contributed by atoms with Gasteiger partial charge in [-0.15, -0.1) is 0 Å². The van der Waals surface area contributed by atoms with Crippen LogP contribution in [0.4, 0.5) is 0 Å². The van der Waals surface area contributed by atoms with Gasteiger partial charge in [0.2, 0.25) is 6.04 Å². The molecule has 0 radical (unpaired) electrons. The number of nitro groups is 1. The fourth-order valence-electron chi connectivity index (χ4n) is 2.47. The largest absolute Gasteiger partial charge is 0.481 e.